The highest BCUT2D eigenvalue weighted by Crippen LogP contribution is 2.29. The standard InChI is InChI=1S/C9H12N2O5/c12-4-9(15)3-7(16-5-9)11-2-1-6(13)10-8(11)14/h1-2,7,12,15H,3-5H2,(H,10,13,14)/t7-,9+/m1/s1. The molecule has 2 rings (SSSR count). The van der Waals surface area contributed by atoms with Crippen molar-refractivity contribution < 1.29 is 14.9 Å². The predicted molar refractivity (Wildman–Crippen MR) is 53.0 cm³/mol. The molecule has 1 saturated heterocycles. The summed E-state index contributed by atoms with van der Waals surface area (Å²) in [6.45, 7) is -0.471. The summed E-state index contributed by atoms with van der Waals surface area (Å²) in [4.78, 5) is 24.3. The molecule has 0 saturated carbocycles. The van der Waals surface area contributed by atoms with Gasteiger partial charge in [-0.25, -0.2) is 4.79 Å². The molecule has 0 aliphatic carbocycles. The third-order valence-electron chi connectivity index (χ3n) is 2.55. The Kier molecular flexibility index (Phi) is 2.66. The number of nitrogens with zero attached hydrogens (tertiary/aromatic N) is 1. The molecule has 1 aliphatic rings. The number of nitrogens with one attached hydrogen (secondary N) is 1. The van der Waals surface area contributed by atoms with Gasteiger partial charge in [0.1, 0.15) is 11.8 Å². The van der Waals surface area contributed by atoms with Crippen LogP contribution in [0.25, 0.3) is 0 Å². The van der Waals surface area contributed by atoms with Crippen molar-refractivity contribution in [1.82, 2.24) is 9.55 Å². The van der Waals surface area contributed by atoms with Gasteiger partial charge in [0.2, 0.25) is 0 Å². The fraction of sp³-hybridized carbons (Fsp3) is 0.556. The number of H-pyrrole nitrogens is 1. The van der Waals surface area contributed by atoms with E-state index in [0.717, 1.165) is 0 Å². The van der Waals surface area contributed by atoms with E-state index in [0.29, 0.717) is 0 Å². The SMILES string of the molecule is O=c1ccn([C@H]2C[C@](O)(CO)CO2)c(=O)[nH]1. The van der Waals surface area contributed by atoms with E-state index in [9.17, 15) is 14.7 Å². The maximum Gasteiger partial charge on any atom is 0.330 e. The van der Waals surface area contributed by atoms with Crippen LogP contribution >= 0.6 is 0 Å². The van der Waals surface area contributed by atoms with Gasteiger partial charge in [-0.1, -0.05) is 0 Å². The fourth-order valence-electron chi connectivity index (χ4n) is 1.64. The van der Waals surface area contributed by atoms with Crippen LogP contribution in [0.5, 0.6) is 0 Å². The highest BCUT2D eigenvalue weighted by molar-refractivity contribution is 4.90. The summed E-state index contributed by atoms with van der Waals surface area (Å²) in [6.07, 6.45) is 0.742. The highest BCUT2D eigenvalue weighted by atomic mass is 16.5. The molecule has 0 spiro atoms. The number of hydrogen-bond donors (Lipinski definition) is 3. The quantitative estimate of drug-likeness (QED) is 0.552. The number of aliphatic hydroxyl groups excluding tert-OH is 1. The topological polar surface area (TPSA) is 105 Å². The van der Waals surface area contributed by atoms with Gasteiger partial charge in [0, 0.05) is 18.7 Å². The van der Waals surface area contributed by atoms with E-state index in [4.69, 9.17) is 9.84 Å². The molecular formula is C9H12N2O5. The Morgan fingerprint density at radius 3 is 2.94 bits per heavy atom. The van der Waals surface area contributed by atoms with Gasteiger partial charge in [-0.05, 0) is 0 Å². The van der Waals surface area contributed by atoms with Crippen molar-refractivity contribution in [3.8, 4) is 0 Å². The number of hydrogen-bond acceptors (Lipinski definition) is 5. The second-order valence-electron chi connectivity index (χ2n) is 3.87. The van der Waals surface area contributed by atoms with Crippen molar-refractivity contribution in [1.29, 1.82) is 0 Å². The van der Waals surface area contributed by atoms with Gasteiger partial charge in [0.05, 0.1) is 13.2 Å². The van der Waals surface area contributed by atoms with E-state index < -0.39 is 29.7 Å². The minimum absolute atomic E-state index is 0.0419. The lowest BCUT2D eigenvalue weighted by atomic mass is 10.0. The van der Waals surface area contributed by atoms with Crippen molar-refractivity contribution in [3.63, 3.8) is 0 Å². The van der Waals surface area contributed by atoms with E-state index in [1.165, 1.54) is 16.8 Å². The number of ether oxygens (including phenoxy) is 1. The molecule has 0 aromatic carbocycles. The minimum Gasteiger partial charge on any atom is -0.393 e. The first-order valence-electron chi connectivity index (χ1n) is 4.80. The van der Waals surface area contributed by atoms with Gasteiger partial charge in [-0.3, -0.25) is 14.3 Å². The molecule has 2 heterocycles. The van der Waals surface area contributed by atoms with E-state index in [-0.39, 0.29) is 13.0 Å². The Balaban J connectivity index is 2.27. The highest BCUT2D eigenvalue weighted by Gasteiger charge is 2.39. The van der Waals surface area contributed by atoms with Crippen molar-refractivity contribution in [2.24, 2.45) is 0 Å². The average molecular weight is 228 g/mol. The molecule has 0 radical (unpaired) electrons. The van der Waals surface area contributed by atoms with Gasteiger partial charge in [0.25, 0.3) is 5.56 Å². The van der Waals surface area contributed by atoms with E-state index in [1.807, 2.05) is 0 Å². The second kappa shape index (κ2) is 3.85. The molecule has 88 valence electrons. The molecule has 7 heteroatoms. The van der Waals surface area contributed by atoms with E-state index >= 15 is 0 Å². The monoisotopic (exact) mass is 228 g/mol. The van der Waals surface area contributed by atoms with Crippen LogP contribution in [0, 0.1) is 0 Å². The molecular weight excluding hydrogens is 216 g/mol. The van der Waals surface area contributed by atoms with Crippen molar-refractivity contribution >= 4 is 0 Å². The molecule has 1 aromatic rings. The van der Waals surface area contributed by atoms with Crippen LogP contribution in [0.3, 0.4) is 0 Å². The fourth-order valence-corrected chi connectivity index (χ4v) is 1.64. The minimum atomic E-state index is -1.32. The van der Waals surface area contributed by atoms with Gasteiger partial charge < -0.3 is 14.9 Å². The zero-order chi connectivity index (χ0) is 11.8. The molecule has 1 aromatic heterocycles. The molecule has 0 amide bonds. The zero-order valence-electron chi connectivity index (χ0n) is 8.42. The van der Waals surface area contributed by atoms with Crippen LogP contribution in [-0.4, -0.2) is 38.6 Å². The van der Waals surface area contributed by atoms with Crippen molar-refractivity contribution in [2.75, 3.05) is 13.2 Å². The summed E-state index contributed by atoms with van der Waals surface area (Å²) < 4.78 is 6.37. The number of rotatable bonds is 2. The number of aromatic amines is 1. The van der Waals surface area contributed by atoms with Gasteiger partial charge in [0.15, 0.2) is 0 Å². The molecule has 3 N–H and O–H groups in total. The van der Waals surface area contributed by atoms with Crippen LogP contribution in [0.4, 0.5) is 0 Å². The first-order valence-corrected chi connectivity index (χ1v) is 4.80. The lowest BCUT2D eigenvalue weighted by molar-refractivity contribution is -0.0239. The van der Waals surface area contributed by atoms with E-state index in [1.54, 1.807) is 0 Å². The lowest BCUT2D eigenvalue weighted by Gasteiger charge is -2.16. The molecule has 7 nitrogen and oxygen atoms in total. The summed E-state index contributed by atoms with van der Waals surface area (Å²) in [7, 11) is 0. The number of aliphatic hydroxyl groups is 2. The molecule has 0 bridgehead atoms. The second-order valence-corrected chi connectivity index (χ2v) is 3.87. The largest absolute Gasteiger partial charge is 0.393 e. The molecule has 2 atom stereocenters. The first-order chi connectivity index (χ1) is 7.54. The van der Waals surface area contributed by atoms with Gasteiger partial charge in [-0.15, -0.1) is 0 Å². The lowest BCUT2D eigenvalue weighted by Crippen LogP contribution is -2.35. The van der Waals surface area contributed by atoms with Crippen LogP contribution in [0.15, 0.2) is 21.9 Å². The zero-order valence-corrected chi connectivity index (χ0v) is 8.42. The Bertz CT molecular complexity index is 493. The maximum atomic E-state index is 11.4. The first kappa shape index (κ1) is 11.1. The van der Waals surface area contributed by atoms with Crippen LogP contribution in [-0.2, 0) is 4.74 Å². The molecule has 1 aliphatic heterocycles. The Labute approximate surface area is 89.9 Å². The molecule has 1 fully saturated rings. The van der Waals surface area contributed by atoms with Crippen LogP contribution in [0.2, 0.25) is 0 Å². The number of aromatic nitrogens is 2. The normalized spacial score (nSPS) is 29.5. The summed E-state index contributed by atoms with van der Waals surface area (Å²) >= 11 is 0. The van der Waals surface area contributed by atoms with Crippen molar-refractivity contribution in [2.45, 2.75) is 18.2 Å². The molecule has 16 heavy (non-hydrogen) atoms. The van der Waals surface area contributed by atoms with Gasteiger partial charge >= 0.3 is 5.69 Å². The summed E-state index contributed by atoms with van der Waals surface area (Å²) in [5.74, 6) is 0. The Morgan fingerprint density at radius 1 is 1.62 bits per heavy atom. The Hall–Kier alpha value is -1.44. The van der Waals surface area contributed by atoms with Crippen LogP contribution < -0.4 is 11.2 Å². The third kappa shape index (κ3) is 1.92. The maximum absolute atomic E-state index is 11.4. The Morgan fingerprint density at radius 2 is 2.38 bits per heavy atom. The average Bonchev–Trinajstić information content (AvgIpc) is 2.62. The predicted octanol–water partition coefficient (Wildman–Crippen LogP) is -1.82. The smallest absolute Gasteiger partial charge is 0.330 e. The van der Waals surface area contributed by atoms with Crippen LogP contribution in [0.1, 0.15) is 12.6 Å². The molecule has 0 unspecified atom stereocenters. The van der Waals surface area contributed by atoms with Gasteiger partial charge in [-0.2, -0.15) is 0 Å². The summed E-state index contributed by atoms with van der Waals surface area (Å²) in [5, 5.41) is 18.6. The van der Waals surface area contributed by atoms with Crippen molar-refractivity contribution in [3.05, 3.63) is 33.1 Å². The summed E-state index contributed by atoms with van der Waals surface area (Å²) in [5.41, 5.74) is -2.41. The summed E-state index contributed by atoms with van der Waals surface area (Å²) in [6, 6.07) is 1.20. The third-order valence-corrected chi connectivity index (χ3v) is 2.55. The van der Waals surface area contributed by atoms with E-state index in [2.05, 4.69) is 4.98 Å².